The maximum Gasteiger partial charge on any atom is 0.372 e. The fourth-order valence-electron chi connectivity index (χ4n) is 1.64. The number of aromatic nitrogens is 2. The molecule has 2 aromatic heterocycles. The van der Waals surface area contributed by atoms with Crippen molar-refractivity contribution < 1.29 is 19.1 Å². The summed E-state index contributed by atoms with van der Waals surface area (Å²) in [7, 11) is 1.44. The third kappa shape index (κ3) is 2.65. The van der Waals surface area contributed by atoms with Gasteiger partial charge in [-0.2, -0.15) is 0 Å². The lowest BCUT2D eigenvalue weighted by atomic mass is 10.2. The zero-order valence-electron chi connectivity index (χ0n) is 10.4. The van der Waals surface area contributed by atoms with Crippen LogP contribution in [0.3, 0.4) is 0 Å². The van der Waals surface area contributed by atoms with Gasteiger partial charge in [-0.3, -0.25) is 4.79 Å². The Balaban J connectivity index is 2.33. The van der Waals surface area contributed by atoms with Crippen LogP contribution >= 0.6 is 0 Å². The maximum absolute atomic E-state index is 11.6. The van der Waals surface area contributed by atoms with Crippen molar-refractivity contribution in [3.63, 3.8) is 0 Å². The normalized spacial score (nSPS) is 10.4. The summed E-state index contributed by atoms with van der Waals surface area (Å²) in [6.45, 7) is 1.67. The van der Waals surface area contributed by atoms with Crippen LogP contribution in [0.15, 0.2) is 27.4 Å². The number of carboxylic acid groups (broad SMARTS) is 1. The van der Waals surface area contributed by atoms with Gasteiger partial charge in [-0.25, -0.2) is 9.48 Å². The minimum atomic E-state index is -1.14. The van der Waals surface area contributed by atoms with E-state index in [1.807, 2.05) is 0 Å². The first-order valence-corrected chi connectivity index (χ1v) is 5.46. The highest BCUT2D eigenvalue weighted by Gasteiger charge is 2.15. The average molecular weight is 264 g/mol. The van der Waals surface area contributed by atoms with Crippen molar-refractivity contribution in [2.24, 2.45) is 0 Å². The molecule has 2 heterocycles. The molecule has 0 spiro atoms. The molecule has 0 saturated heterocycles. The Morgan fingerprint density at radius 3 is 2.84 bits per heavy atom. The van der Waals surface area contributed by atoms with Crippen LogP contribution in [0.25, 0.3) is 0 Å². The monoisotopic (exact) mass is 264 g/mol. The molecule has 1 N–H and O–H groups in total. The van der Waals surface area contributed by atoms with Crippen molar-refractivity contribution in [3.8, 4) is 5.88 Å². The van der Waals surface area contributed by atoms with Gasteiger partial charge in [0.05, 0.1) is 7.11 Å². The van der Waals surface area contributed by atoms with Crippen LogP contribution in [0, 0.1) is 6.92 Å². The number of carboxylic acids is 1. The molecule has 0 saturated carbocycles. The SMILES string of the molecule is COc1ccc(=O)n(Cc2cc(C)c(C(=O)O)o2)n1. The van der Waals surface area contributed by atoms with Gasteiger partial charge in [-0.05, 0) is 13.0 Å². The Kier molecular flexibility index (Phi) is 3.37. The highest BCUT2D eigenvalue weighted by atomic mass is 16.5. The standard InChI is InChI=1S/C12H12N2O5/c1-7-5-8(19-11(7)12(16)17)6-14-10(15)4-3-9(13-14)18-2/h3-5H,6H2,1-2H3,(H,16,17). The molecule has 7 nitrogen and oxygen atoms in total. The molecule has 0 aliphatic heterocycles. The van der Waals surface area contributed by atoms with E-state index in [-0.39, 0.29) is 17.9 Å². The second-order valence-corrected chi connectivity index (χ2v) is 3.90. The molecular formula is C12H12N2O5. The third-order valence-corrected chi connectivity index (χ3v) is 2.52. The zero-order valence-corrected chi connectivity index (χ0v) is 10.4. The van der Waals surface area contributed by atoms with Gasteiger partial charge in [0.15, 0.2) is 0 Å². The first-order chi connectivity index (χ1) is 9.01. The van der Waals surface area contributed by atoms with Gasteiger partial charge in [0, 0.05) is 17.7 Å². The van der Waals surface area contributed by atoms with E-state index in [2.05, 4.69) is 5.10 Å². The predicted octanol–water partition coefficient (Wildman–Crippen LogP) is 0.900. The minimum absolute atomic E-state index is 0.0458. The van der Waals surface area contributed by atoms with Crippen LogP contribution in [-0.2, 0) is 6.54 Å². The van der Waals surface area contributed by atoms with Crippen molar-refractivity contribution in [2.75, 3.05) is 7.11 Å². The molecule has 0 bridgehead atoms. The van der Waals surface area contributed by atoms with E-state index in [1.54, 1.807) is 13.0 Å². The van der Waals surface area contributed by atoms with Crippen LogP contribution in [-0.4, -0.2) is 28.0 Å². The second kappa shape index (κ2) is 4.97. The number of hydrogen-bond acceptors (Lipinski definition) is 5. The van der Waals surface area contributed by atoms with Gasteiger partial charge in [-0.1, -0.05) is 0 Å². The molecule has 0 unspecified atom stereocenters. The Morgan fingerprint density at radius 1 is 1.53 bits per heavy atom. The van der Waals surface area contributed by atoms with Gasteiger partial charge in [-0.15, -0.1) is 5.10 Å². The lowest BCUT2D eigenvalue weighted by Gasteiger charge is -2.03. The van der Waals surface area contributed by atoms with E-state index in [4.69, 9.17) is 14.3 Å². The van der Waals surface area contributed by atoms with Crippen molar-refractivity contribution in [1.29, 1.82) is 0 Å². The summed E-state index contributed by atoms with van der Waals surface area (Å²) in [5, 5.41) is 12.8. The summed E-state index contributed by atoms with van der Waals surface area (Å²) in [6.07, 6.45) is 0. The maximum atomic E-state index is 11.6. The lowest BCUT2D eigenvalue weighted by Crippen LogP contribution is -2.22. The van der Waals surface area contributed by atoms with E-state index in [0.29, 0.717) is 17.2 Å². The molecule has 100 valence electrons. The van der Waals surface area contributed by atoms with Gasteiger partial charge in [0.2, 0.25) is 11.6 Å². The molecule has 0 atom stereocenters. The van der Waals surface area contributed by atoms with Crippen LogP contribution in [0.4, 0.5) is 0 Å². The molecule has 0 amide bonds. The van der Waals surface area contributed by atoms with Crippen LogP contribution in [0.2, 0.25) is 0 Å². The van der Waals surface area contributed by atoms with Crippen molar-refractivity contribution in [3.05, 3.63) is 45.6 Å². The summed E-state index contributed by atoms with van der Waals surface area (Å²) >= 11 is 0. The minimum Gasteiger partial charge on any atom is -0.480 e. The Labute approximate surface area is 108 Å². The number of carbonyl (C=O) groups is 1. The Bertz CT molecular complexity index is 671. The number of nitrogens with zero attached hydrogens (tertiary/aromatic N) is 2. The number of aromatic carboxylic acids is 1. The largest absolute Gasteiger partial charge is 0.480 e. The summed E-state index contributed by atoms with van der Waals surface area (Å²) in [6, 6.07) is 4.34. The van der Waals surface area contributed by atoms with Gasteiger partial charge < -0.3 is 14.3 Å². The van der Waals surface area contributed by atoms with Gasteiger partial charge >= 0.3 is 5.97 Å². The smallest absolute Gasteiger partial charge is 0.372 e. The molecule has 0 fully saturated rings. The fourth-order valence-corrected chi connectivity index (χ4v) is 1.64. The Hall–Kier alpha value is -2.57. The van der Waals surface area contributed by atoms with Crippen molar-refractivity contribution >= 4 is 5.97 Å². The average Bonchev–Trinajstić information content (AvgIpc) is 2.73. The summed E-state index contributed by atoms with van der Waals surface area (Å²) in [5.41, 5.74) is 0.171. The first kappa shape index (κ1) is 12.9. The molecule has 0 aliphatic carbocycles. The van der Waals surface area contributed by atoms with E-state index in [1.165, 1.54) is 19.2 Å². The van der Waals surface area contributed by atoms with Gasteiger partial charge in [0.25, 0.3) is 5.56 Å². The number of aryl methyl sites for hydroxylation is 1. The first-order valence-electron chi connectivity index (χ1n) is 5.46. The van der Waals surface area contributed by atoms with Crippen LogP contribution in [0.1, 0.15) is 21.9 Å². The molecule has 0 radical (unpaired) electrons. The summed E-state index contributed by atoms with van der Waals surface area (Å²) in [5.74, 6) is -0.639. The van der Waals surface area contributed by atoms with E-state index in [0.717, 1.165) is 4.68 Å². The number of rotatable bonds is 4. The third-order valence-electron chi connectivity index (χ3n) is 2.52. The van der Waals surface area contributed by atoms with Crippen LogP contribution in [0.5, 0.6) is 5.88 Å². The molecule has 2 rings (SSSR count). The number of furan rings is 1. The van der Waals surface area contributed by atoms with Crippen LogP contribution < -0.4 is 10.3 Å². The summed E-state index contributed by atoms with van der Waals surface area (Å²) in [4.78, 5) is 22.5. The van der Waals surface area contributed by atoms with Gasteiger partial charge in [0.1, 0.15) is 12.3 Å². The molecule has 7 heteroatoms. The summed E-state index contributed by atoms with van der Waals surface area (Å²) < 4.78 is 11.2. The molecule has 0 aliphatic rings. The topological polar surface area (TPSA) is 94.6 Å². The van der Waals surface area contributed by atoms with Crippen molar-refractivity contribution in [2.45, 2.75) is 13.5 Å². The highest BCUT2D eigenvalue weighted by Crippen LogP contribution is 2.15. The zero-order chi connectivity index (χ0) is 14.0. The van der Waals surface area contributed by atoms with E-state index in [9.17, 15) is 9.59 Å². The number of methoxy groups -OCH3 is 1. The molecule has 0 aromatic carbocycles. The second-order valence-electron chi connectivity index (χ2n) is 3.90. The van der Waals surface area contributed by atoms with E-state index >= 15 is 0 Å². The number of hydrogen-bond donors (Lipinski definition) is 1. The van der Waals surface area contributed by atoms with E-state index < -0.39 is 5.97 Å². The molecular weight excluding hydrogens is 252 g/mol. The fraction of sp³-hybridized carbons (Fsp3) is 0.250. The van der Waals surface area contributed by atoms with Crippen molar-refractivity contribution in [1.82, 2.24) is 9.78 Å². The highest BCUT2D eigenvalue weighted by molar-refractivity contribution is 5.86. The molecule has 19 heavy (non-hydrogen) atoms. The predicted molar refractivity (Wildman–Crippen MR) is 64.6 cm³/mol. The quantitative estimate of drug-likeness (QED) is 0.881. The Morgan fingerprint density at radius 2 is 2.26 bits per heavy atom. The lowest BCUT2D eigenvalue weighted by molar-refractivity contribution is 0.0659. The number of ether oxygens (including phenoxy) is 1. The molecule has 2 aromatic rings.